The summed E-state index contributed by atoms with van der Waals surface area (Å²) < 4.78 is 21.7. The number of carbonyl (C=O) groups is 1. The van der Waals surface area contributed by atoms with Crippen LogP contribution in [0.5, 0.6) is 11.5 Å². The first-order chi connectivity index (χ1) is 12.1. The van der Waals surface area contributed by atoms with Crippen LogP contribution >= 0.6 is 0 Å². The molecule has 0 spiro atoms. The molecule has 2 heterocycles. The fourth-order valence-corrected chi connectivity index (χ4v) is 2.95. The van der Waals surface area contributed by atoms with Gasteiger partial charge < -0.3 is 23.8 Å². The Balaban J connectivity index is 1.49. The van der Waals surface area contributed by atoms with Gasteiger partial charge in [-0.1, -0.05) is 6.07 Å². The molecule has 25 heavy (non-hydrogen) atoms. The van der Waals surface area contributed by atoms with Gasteiger partial charge in [-0.05, 0) is 31.5 Å². The highest BCUT2D eigenvalue weighted by Gasteiger charge is 2.42. The molecular formula is C18H26N2O5. The Morgan fingerprint density at radius 1 is 1.28 bits per heavy atom. The number of amides is 1. The van der Waals surface area contributed by atoms with Crippen molar-refractivity contribution >= 4 is 5.91 Å². The number of rotatable bonds is 9. The molecule has 1 amide bonds. The van der Waals surface area contributed by atoms with Crippen LogP contribution in [0, 0.1) is 0 Å². The number of benzene rings is 1. The first-order valence-corrected chi connectivity index (χ1v) is 8.73. The van der Waals surface area contributed by atoms with Crippen molar-refractivity contribution in [1.29, 1.82) is 0 Å². The van der Waals surface area contributed by atoms with Crippen LogP contribution in [0.25, 0.3) is 0 Å². The van der Waals surface area contributed by atoms with Crippen molar-refractivity contribution in [2.75, 3.05) is 40.1 Å². The molecule has 0 aromatic heterocycles. The Morgan fingerprint density at radius 3 is 2.72 bits per heavy atom. The summed E-state index contributed by atoms with van der Waals surface area (Å²) >= 11 is 0. The summed E-state index contributed by atoms with van der Waals surface area (Å²) in [6, 6.07) is 5.83. The lowest BCUT2D eigenvalue weighted by molar-refractivity contribution is -0.156. The van der Waals surface area contributed by atoms with Crippen LogP contribution in [0.4, 0.5) is 0 Å². The Kier molecular flexibility index (Phi) is 5.78. The summed E-state index contributed by atoms with van der Waals surface area (Å²) in [6.45, 7) is 7.17. The Labute approximate surface area is 148 Å². The number of carbonyl (C=O) groups excluding carboxylic acids is 1. The van der Waals surface area contributed by atoms with E-state index in [0.29, 0.717) is 19.8 Å². The van der Waals surface area contributed by atoms with Gasteiger partial charge >= 0.3 is 0 Å². The quantitative estimate of drug-likeness (QED) is 0.496. The molecule has 1 aromatic carbocycles. The normalized spacial score (nSPS) is 20.8. The van der Waals surface area contributed by atoms with Crippen molar-refractivity contribution in [3.63, 3.8) is 0 Å². The van der Waals surface area contributed by atoms with Crippen LogP contribution in [-0.2, 0) is 20.8 Å². The summed E-state index contributed by atoms with van der Waals surface area (Å²) in [7, 11) is 1.80. The van der Waals surface area contributed by atoms with Crippen LogP contribution in [0.15, 0.2) is 18.2 Å². The average molecular weight is 350 g/mol. The van der Waals surface area contributed by atoms with Crippen molar-refractivity contribution in [3.8, 4) is 11.5 Å². The predicted octanol–water partition coefficient (Wildman–Crippen LogP) is 1.46. The first-order valence-electron chi connectivity index (χ1n) is 8.73. The van der Waals surface area contributed by atoms with E-state index in [1.54, 1.807) is 11.9 Å². The summed E-state index contributed by atoms with van der Waals surface area (Å²) in [6.07, 6.45) is -0.370. The third-order valence-electron chi connectivity index (χ3n) is 4.33. The zero-order valence-electron chi connectivity index (χ0n) is 15.1. The molecule has 0 radical (unpaired) electrons. The van der Waals surface area contributed by atoms with Crippen LogP contribution in [0.2, 0.25) is 0 Å². The second kappa shape index (κ2) is 8.03. The van der Waals surface area contributed by atoms with E-state index in [-0.39, 0.29) is 25.0 Å². The van der Waals surface area contributed by atoms with Crippen LogP contribution in [0.3, 0.4) is 0 Å². The van der Waals surface area contributed by atoms with Gasteiger partial charge in [0.2, 0.25) is 12.7 Å². The zero-order chi connectivity index (χ0) is 17.8. The Bertz CT molecular complexity index is 603. The highest BCUT2D eigenvalue weighted by Crippen LogP contribution is 2.34. The third kappa shape index (κ3) is 4.42. The lowest BCUT2D eigenvalue weighted by atomic mass is 10.2. The van der Waals surface area contributed by atoms with Crippen molar-refractivity contribution in [2.45, 2.75) is 32.7 Å². The molecule has 7 nitrogen and oxygen atoms in total. The van der Waals surface area contributed by atoms with E-state index in [1.165, 1.54) is 0 Å². The molecule has 138 valence electrons. The van der Waals surface area contributed by atoms with Gasteiger partial charge in [0.05, 0.1) is 6.54 Å². The van der Waals surface area contributed by atoms with Gasteiger partial charge in [-0.25, -0.2) is 0 Å². The molecule has 0 bridgehead atoms. The van der Waals surface area contributed by atoms with Crippen LogP contribution in [-0.4, -0.2) is 68.2 Å². The maximum absolute atomic E-state index is 12.6. The molecule has 1 saturated heterocycles. The monoisotopic (exact) mass is 350 g/mol. The van der Waals surface area contributed by atoms with E-state index in [9.17, 15) is 4.79 Å². The molecule has 3 rings (SSSR count). The van der Waals surface area contributed by atoms with E-state index in [1.807, 2.05) is 32.0 Å². The maximum atomic E-state index is 12.6. The molecule has 1 aromatic rings. The van der Waals surface area contributed by atoms with Gasteiger partial charge in [0.15, 0.2) is 17.8 Å². The zero-order valence-corrected chi connectivity index (χ0v) is 15.1. The van der Waals surface area contributed by atoms with Crippen molar-refractivity contribution in [3.05, 3.63) is 23.8 Å². The minimum Gasteiger partial charge on any atom is -0.454 e. The van der Waals surface area contributed by atoms with Gasteiger partial charge in [0.1, 0.15) is 6.04 Å². The Hall–Kier alpha value is -1.83. The molecule has 0 saturated carbocycles. The lowest BCUT2D eigenvalue weighted by Crippen LogP contribution is -2.40. The molecular weight excluding hydrogens is 324 g/mol. The minimum absolute atomic E-state index is 0.0701. The van der Waals surface area contributed by atoms with Crippen LogP contribution in [0.1, 0.15) is 19.4 Å². The molecule has 2 aliphatic heterocycles. The number of ether oxygens (including phenoxy) is 4. The van der Waals surface area contributed by atoms with Gasteiger partial charge in [-0.15, -0.1) is 0 Å². The summed E-state index contributed by atoms with van der Waals surface area (Å²) in [4.78, 5) is 16.4. The van der Waals surface area contributed by atoms with Crippen molar-refractivity contribution in [2.24, 2.45) is 0 Å². The minimum atomic E-state index is -0.370. The molecule has 2 unspecified atom stereocenters. The molecule has 0 N–H and O–H groups in total. The maximum Gasteiger partial charge on any atom is 0.241 e. The molecule has 7 heteroatoms. The van der Waals surface area contributed by atoms with Crippen molar-refractivity contribution in [1.82, 2.24) is 9.80 Å². The SMILES string of the molecule is CCOC(CN(C)C(=O)C1CN1Cc1ccc2c(c1)OCO2)OCC. The largest absolute Gasteiger partial charge is 0.454 e. The topological polar surface area (TPSA) is 60.2 Å². The highest BCUT2D eigenvalue weighted by molar-refractivity contribution is 5.84. The number of hydrogen-bond donors (Lipinski definition) is 0. The van der Waals surface area contributed by atoms with Gasteiger partial charge in [-0.2, -0.15) is 0 Å². The molecule has 0 aliphatic carbocycles. The fourth-order valence-electron chi connectivity index (χ4n) is 2.95. The number of likely N-dealkylation sites (N-methyl/N-ethyl adjacent to an activating group) is 1. The predicted molar refractivity (Wildman–Crippen MR) is 91.4 cm³/mol. The smallest absolute Gasteiger partial charge is 0.241 e. The Morgan fingerprint density at radius 2 is 2.00 bits per heavy atom. The van der Waals surface area contributed by atoms with E-state index < -0.39 is 0 Å². The van der Waals surface area contributed by atoms with Gasteiger partial charge in [0.25, 0.3) is 0 Å². The van der Waals surface area contributed by atoms with Crippen molar-refractivity contribution < 1.29 is 23.7 Å². The summed E-state index contributed by atoms with van der Waals surface area (Å²) in [5.41, 5.74) is 1.11. The highest BCUT2D eigenvalue weighted by atomic mass is 16.7. The fraction of sp³-hybridized carbons (Fsp3) is 0.611. The van der Waals surface area contributed by atoms with E-state index >= 15 is 0 Å². The average Bonchev–Trinajstić information content (AvgIpc) is 3.19. The van der Waals surface area contributed by atoms with E-state index in [4.69, 9.17) is 18.9 Å². The van der Waals surface area contributed by atoms with E-state index in [2.05, 4.69) is 4.90 Å². The lowest BCUT2D eigenvalue weighted by Gasteiger charge is -2.24. The first kappa shape index (κ1) is 18.0. The standard InChI is InChI=1S/C18H26N2O5/c1-4-22-17(23-5-2)11-19(3)18(21)14-10-20(14)9-13-6-7-15-16(8-13)25-12-24-15/h6-8,14,17H,4-5,9-12H2,1-3H3. The molecule has 2 aliphatic rings. The number of hydrogen-bond acceptors (Lipinski definition) is 6. The molecule has 2 atom stereocenters. The number of fused-ring (bicyclic) bond motifs is 1. The van der Waals surface area contributed by atoms with Gasteiger partial charge in [-0.3, -0.25) is 9.69 Å². The second-order valence-electron chi connectivity index (χ2n) is 6.19. The second-order valence-corrected chi connectivity index (χ2v) is 6.19. The van der Waals surface area contributed by atoms with Gasteiger partial charge in [0, 0.05) is 33.4 Å². The summed E-state index contributed by atoms with van der Waals surface area (Å²) in [5, 5.41) is 0. The molecule has 1 fully saturated rings. The summed E-state index contributed by atoms with van der Waals surface area (Å²) in [5.74, 6) is 1.65. The third-order valence-corrected chi connectivity index (χ3v) is 4.33. The van der Waals surface area contributed by atoms with E-state index in [0.717, 1.165) is 30.2 Å². The number of nitrogens with zero attached hydrogens (tertiary/aromatic N) is 2. The van der Waals surface area contributed by atoms with Crippen LogP contribution < -0.4 is 9.47 Å².